The van der Waals surface area contributed by atoms with Gasteiger partial charge >= 0.3 is 6.09 Å². The number of aliphatic hydroxyl groups excluding tert-OH is 1. The van der Waals surface area contributed by atoms with Crippen molar-refractivity contribution in [1.29, 1.82) is 0 Å². The van der Waals surface area contributed by atoms with Crippen LogP contribution in [0.3, 0.4) is 0 Å². The van der Waals surface area contributed by atoms with E-state index in [1.54, 1.807) is 13.8 Å². The minimum Gasteiger partial charge on any atom is -0.465 e. The minimum atomic E-state index is -3.73. The van der Waals surface area contributed by atoms with Gasteiger partial charge in [-0.25, -0.2) is 8.98 Å². The van der Waals surface area contributed by atoms with Gasteiger partial charge in [0.25, 0.3) is 10.1 Å². The summed E-state index contributed by atoms with van der Waals surface area (Å²) in [6, 6.07) is 7.98. The molecule has 7 nitrogen and oxygen atoms in total. The number of carboxylic acid groups (broad SMARTS) is 1. The number of hydrogen-bond acceptors (Lipinski definition) is 5. The van der Waals surface area contributed by atoms with Crippen LogP contribution >= 0.6 is 0 Å². The average Bonchev–Trinajstić information content (AvgIpc) is 3.00. The van der Waals surface area contributed by atoms with Crippen LogP contribution in [0.1, 0.15) is 37.8 Å². The summed E-state index contributed by atoms with van der Waals surface area (Å²) in [7, 11) is -3.73. The Balaban J connectivity index is 1.94. The molecule has 152 valence electrons. The Morgan fingerprint density at radius 1 is 1.37 bits per heavy atom. The number of carbonyl (C=O) groups is 1. The maximum atomic E-state index is 11.2. The Bertz CT molecular complexity index is 761. The number of benzene rings is 1. The molecule has 27 heavy (non-hydrogen) atoms. The largest absolute Gasteiger partial charge is 0.465 e. The van der Waals surface area contributed by atoms with Crippen LogP contribution in [-0.4, -0.2) is 55.3 Å². The molecule has 0 saturated carbocycles. The molecule has 1 amide bonds. The van der Waals surface area contributed by atoms with Crippen molar-refractivity contribution in [3.63, 3.8) is 0 Å². The molecule has 1 aliphatic rings. The molecule has 1 saturated heterocycles. The van der Waals surface area contributed by atoms with Gasteiger partial charge in [-0.3, -0.25) is 0 Å². The monoisotopic (exact) mass is 399 g/mol. The van der Waals surface area contributed by atoms with E-state index in [0.29, 0.717) is 25.4 Å². The highest BCUT2D eigenvalue weighted by molar-refractivity contribution is 7.86. The summed E-state index contributed by atoms with van der Waals surface area (Å²) in [6.07, 6.45) is 1.79. The maximum Gasteiger partial charge on any atom is 0.407 e. The number of amides is 1. The molecular formula is C19H29NO6S. The zero-order chi connectivity index (χ0) is 20.2. The SMILES string of the molecule is CC(C)(Cc1cccc(CCC2CCN(C(=O)O)C2)c1)[C@@H](O)OS(C)(=O)=O. The number of hydrogen-bond donors (Lipinski definition) is 2. The summed E-state index contributed by atoms with van der Waals surface area (Å²) in [5.74, 6) is 0.381. The van der Waals surface area contributed by atoms with Crippen LogP contribution in [-0.2, 0) is 27.1 Å². The van der Waals surface area contributed by atoms with Gasteiger partial charge in [-0.15, -0.1) is 0 Å². The molecule has 1 fully saturated rings. The number of likely N-dealkylation sites (tertiary alicyclic amines) is 1. The Kier molecular flexibility index (Phi) is 6.88. The van der Waals surface area contributed by atoms with Gasteiger partial charge in [0.1, 0.15) is 0 Å². The molecule has 1 aromatic rings. The lowest BCUT2D eigenvalue weighted by molar-refractivity contribution is -0.0961. The molecule has 0 spiro atoms. The van der Waals surface area contributed by atoms with Gasteiger partial charge in [0, 0.05) is 18.5 Å². The molecule has 0 radical (unpaired) electrons. The molecule has 2 N–H and O–H groups in total. The molecule has 0 bridgehead atoms. The van der Waals surface area contributed by atoms with E-state index in [2.05, 4.69) is 6.07 Å². The molecule has 1 aromatic carbocycles. The van der Waals surface area contributed by atoms with E-state index in [1.165, 1.54) is 4.90 Å². The molecular weight excluding hydrogens is 370 g/mol. The van der Waals surface area contributed by atoms with E-state index in [1.807, 2.05) is 18.2 Å². The number of aryl methyl sites for hydroxylation is 1. The van der Waals surface area contributed by atoms with E-state index in [0.717, 1.165) is 36.6 Å². The Morgan fingerprint density at radius 2 is 2.04 bits per heavy atom. The van der Waals surface area contributed by atoms with Crippen molar-refractivity contribution >= 4 is 16.2 Å². The molecule has 0 aromatic heterocycles. The van der Waals surface area contributed by atoms with Crippen LogP contribution < -0.4 is 0 Å². The average molecular weight is 400 g/mol. The molecule has 1 heterocycles. The third-order valence-corrected chi connectivity index (χ3v) is 5.52. The minimum absolute atomic E-state index is 0.381. The fraction of sp³-hybridized carbons (Fsp3) is 0.632. The van der Waals surface area contributed by atoms with Crippen molar-refractivity contribution in [2.45, 2.75) is 45.8 Å². The first-order chi connectivity index (χ1) is 12.5. The highest BCUT2D eigenvalue weighted by Crippen LogP contribution is 2.29. The van der Waals surface area contributed by atoms with Gasteiger partial charge in [0.2, 0.25) is 0 Å². The summed E-state index contributed by atoms with van der Waals surface area (Å²) >= 11 is 0. The van der Waals surface area contributed by atoms with Crippen LogP contribution in [0.2, 0.25) is 0 Å². The Morgan fingerprint density at radius 3 is 2.63 bits per heavy atom. The summed E-state index contributed by atoms with van der Waals surface area (Å²) in [5.41, 5.74) is 1.37. The Labute approximate surface area is 161 Å². The van der Waals surface area contributed by atoms with Gasteiger partial charge < -0.3 is 15.1 Å². The second kappa shape index (κ2) is 8.58. The first-order valence-corrected chi connectivity index (χ1v) is 10.9. The van der Waals surface area contributed by atoms with E-state index < -0.39 is 27.9 Å². The smallest absolute Gasteiger partial charge is 0.407 e. The third kappa shape index (κ3) is 6.79. The van der Waals surface area contributed by atoms with Crippen molar-refractivity contribution in [1.82, 2.24) is 4.90 Å². The fourth-order valence-electron chi connectivity index (χ4n) is 3.42. The topological polar surface area (TPSA) is 104 Å². The fourth-order valence-corrected chi connectivity index (χ4v) is 4.01. The highest BCUT2D eigenvalue weighted by atomic mass is 32.2. The number of nitrogens with zero attached hydrogens (tertiary/aromatic N) is 1. The van der Waals surface area contributed by atoms with Crippen LogP contribution in [0.5, 0.6) is 0 Å². The van der Waals surface area contributed by atoms with Gasteiger partial charge in [-0.05, 0) is 42.7 Å². The van der Waals surface area contributed by atoms with Crippen LogP contribution in [0.4, 0.5) is 4.79 Å². The lowest BCUT2D eigenvalue weighted by Crippen LogP contribution is -2.35. The lowest BCUT2D eigenvalue weighted by Gasteiger charge is -2.29. The van der Waals surface area contributed by atoms with Crippen molar-refractivity contribution < 1.29 is 27.6 Å². The first-order valence-electron chi connectivity index (χ1n) is 9.08. The zero-order valence-electron chi connectivity index (χ0n) is 16.1. The van der Waals surface area contributed by atoms with E-state index >= 15 is 0 Å². The van der Waals surface area contributed by atoms with Crippen molar-refractivity contribution in [3.8, 4) is 0 Å². The van der Waals surface area contributed by atoms with Gasteiger partial charge in [0.05, 0.1) is 6.26 Å². The predicted molar refractivity (Wildman–Crippen MR) is 102 cm³/mol. The maximum absolute atomic E-state index is 11.2. The summed E-state index contributed by atoms with van der Waals surface area (Å²) in [6.45, 7) is 4.71. The zero-order valence-corrected chi connectivity index (χ0v) is 16.9. The van der Waals surface area contributed by atoms with Crippen molar-refractivity contribution in [2.75, 3.05) is 19.3 Å². The van der Waals surface area contributed by atoms with E-state index in [4.69, 9.17) is 9.29 Å². The van der Waals surface area contributed by atoms with Crippen molar-refractivity contribution in [3.05, 3.63) is 35.4 Å². The van der Waals surface area contributed by atoms with E-state index in [9.17, 15) is 18.3 Å². The summed E-state index contributed by atoms with van der Waals surface area (Å²) < 4.78 is 27.2. The summed E-state index contributed by atoms with van der Waals surface area (Å²) in [4.78, 5) is 12.5. The normalized spacial score (nSPS) is 19.3. The third-order valence-electron chi connectivity index (χ3n) is 4.98. The quantitative estimate of drug-likeness (QED) is 0.514. The first kappa shape index (κ1) is 21.7. The molecule has 0 aliphatic carbocycles. The van der Waals surface area contributed by atoms with Gasteiger partial charge in [-0.2, -0.15) is 8.42 Å². The molecule has 1 unspecified atom stereocenters. The van der Waals surface area contributed by atoms with Gasteiger partial charge in [-0.1, -0.05) is 38.1 Å². The summed E-state index contributed by atoms with van der Waals surface area (Å²) in [5, 5.41) is 19.1. The second-order valence-electron chi connectivity index (χ2n) is 8.06. The highest BCUT2D eigenvalue weighted by Gasteiger charge is 2.32. The molecule has 2 atom stereocenters. The molecule has 1 aliphatic heterocycles. The Hall–Kier alpha value is -1.64. The second-order valence-corrected chi connectivity index (χ2v) is 9.66. The lowest BCUT2D eigenvalue weighted by atomic mass is 9.84. The number of aliphatic hydroxyl groups is 1. The van der Waals surface area contributed by atoms with Gasteiger partial charge in [0.15, 0.2) is 6.29 Å². The van der Waals surface area contributed by atoms with E-state index in [-0.39, 0.29) is 0 Å². The van der Waals surface area contributed by atoms with Crippen LogP contribution in [0.15, 0.2) is 24.3 Å². The number of rotatable bonds is 8. The van der Waals surface area contributed by atoms with Crippen LogP contribution in [0.25, 0.3) is 0 Å². The van der Waals surface area contributed by atoms with Crippen molar-refractivity contribution in [2.24, 2.45) is 11.3 Å². The standard InChI is InChI=1S/C19H29NO6S/c1-19(2,17(21)26-27(3,24)25)12-16-6-4-5-14(11-16)7-8-15-9-10-20(13-15)18(22)23/h4-6,11,15,17,21H,7-10,12-13H2,1-3H3,(H,22,23)/t15?,17-/m0/s1. The molecule has 2 rings (SSSR count). The molecule has 8 heteroatoms. The van der Waals surface area contributed by atoms with Crippen LogP contribution in [0, 0.1) is 11.3 Å². The predicted octanol–water partition coefficient (Wildman–Crippen LogP) is 2.48.